The number of anilines is 6. The highest BCUT2D eigenvalue weighted by Crippen LogP contribution is 2.48. The fourth-order valence-electron chi connectivity index (χ4n) is 11.3. The predicted octanol–water partition coefficient (Wildman–Crippen LogP) is 20.9. The number of fused-ring (bicyclic) bond motifs is 12. The Balaban J connectivity index is 1.15. The molecule has 0 N–H and O–H groups in total. The maximum absolute atomic E-state index is 14.8. The van der Waals surface area contributed by atoms with Gasteiger partial charge in [-0.2, -0.15) is 26.3 Å². The largest absolute Gasteiger partial charge is 0.417 e. The van der Waals surface area contributed by atoms with E-state index in [9.17, 15) is 26.3 Å². The first-order chi connectivity index (χ1) is 37.0. The second-order valence-corrected chi connectivity index (χ2v) is 19.0. The lowest BCUT2D eigenvalue weighted by Gasteiger charge is -2.26. The minimum absolute atomic E-state index is 0.0658. The Kier molecular flexibility index (Phi) is 11.1. The summed E-state index contributed by atoms with van der Waals surface area (Å²) in [5.41, 5.74) is 5.00. The monoisotopic (exact) mass is 1000 g/mol. The highest BCUT2D eigenvalue weighted by atomic mass is 19.4. The zero-order chi connectivity index (χ0) is 51.7. The Hall–Kier alpha value is -9.40. The van der Waals surface area contributed by atoms with Crippen LogP contribution < -0.4 is 9.80 Å². The maximum Gasteiger partial charge on any atom is 0.417 e. The summed E-state index contributed by atoms with van der Waals surface area (Å²) in [6.45, 7) is 0. The van der Waals surface area contributed by atoms with Crippen molar-refractivity contribution < 1.29 is 26.3 Å². The number of hydrogen-bond donors (Lipinski definition) is 0. The summed E-state index contributed by atoms with van der Waals surface area (Å²) in [7, 11) is 0. The van der Waals surface area contributed by atoms with Gasteiger partial charge in [-0.05, 0) is 196 Å². The predicted molar refractivity (Wildman–Crippen MR) is 302 cm³/mol. The van der Waals surface area contributed by atoms with Crippen LogP contribution in [0.25, 0.3) is 86.9 Å². The molecule has 0 atom stereocenters. The van der Waals surface area contributed by atoms with Crippen LogP contribution in [0.3, 0.4) is 0 Å². The first-order valence-electron chi connectivity index (χ1n) is 24.9. The van der Waals surface area contributed by atoms with Crippen molar-refractivity contribution in [1.29, 1.82) is 0 Å². The van der Waals surface area contributed by atoms with Gasteiger partial charge in [0.15, 0.2) is 0 Å². The van der Waals surface area contributed by atoms with Crippen LogP contribution in [0.15, 0.2) is 255 Å². The lowest BCUT2D eigenvalue weighted by Crippen LogP contribution is -2.09. The third kappa shape index (κ3) is 8.01. The summed E-state index contributed by atoms with van der Waals surface area (Å²) in [6, 6.07) is 79.6. The van der Waals surface area contributed by atoms with Gasteiger partial charge >= 0.3 is 12.4 Å². The van der Waals surface area contributed by atoms with Crippen molar-refractivity contribution in [3.63, 3.8) is 0 Å². The summed E-state index contributed by atoms with van der Waals surface area (Å²) >= 11 is 0. The molecule has 0 saturated heterocycles. The second-order valence-electron chi connectivity index (χ2n) is 19.0. The van der Waals surface area contributed by atoms with E-state index >= 15 is 0 Å². The Morgan fingerprint density at radius 1 is 0.211 bits per heavy atom. The molecule has 0 aliphatic heterocycles. The Morgan fingerprint density at radius 2 is 0.474 bits per heavy atom. The zero-order valence-corrected chi connectivity index (χ0v) is 40.4. The van der Waals surface area contributed by atoms with Crippen LogP contribution in [-0.4, -0.2) is 0 Å². The molecule has 0 aliphatic carbocycles. The molecule has 0 spiro atoms. The molecule has 76 heavy (non-hydrogen) atoms. The highest BCUT2D eigenvalue weighted by Gasteiger charge is 2.35. The molecule has 0 aromatic heterocycles. The van der Waals surface area contributed by atoms with E-state index in [-0.39, 0.29) is 11.1 Å². The van der Waals surface area contributed by atoms with Gasteiger partial charge < -0.3 is 9.80 Å². The summed E-state index contributed by atoms with van der Waals surface area (Å²) in [6.07, 6.45) is -9.20. The van der Waals surface area contributed by atoms with Gasteiger partial charge in [0.05, 0.1) is 11.1 Å². The summed E-state index contributed by atoms with van der Waals surface area (Å²) < 4.78 is 88.7. The van der Waals surface area contributed by atoms with Gasteiger partial charge in [-0.25, -0.2) is 0 Å². The van der Waals surface area contributed by atoms with E-state index in [1.165, 1.54) is 24.3 Å². The van der Waals surface area contributed by atoms with Crippen molar-refractivity contribution >= 4 is 98.8 Å². The topological polar surface area (TPSA) is 6.48 Å². The molecule has 13 aromatic rings. The molecular weight excluding hydrogens is 959 g/mol. The van der Waals surface area contributed by atoms with Crippen LogP contribution in [0.4, 0.5) is 60.5 Å². The van der Waals surface area contributed by atoms with Crippen LogP contribution in [-0.2, 0) is 12.4 Å². The standard InChI is InChI=1S/C68H42F6N2/c69-67(70,71)65-27-15-13-25-51(65)43-29-33-53-57(37-43)63-42-62-56-36-32-50(76(47-21-9-3-10-22-47)48-23-11-4-12-24-48)40-60(56)54-34-30-44(52-26-14-16-28-66(52)68(72,73)74)38-58(54)64(62)41-61(63)55-35-31-49(39-59(53)55)75(45-17-5-1-6-18-45)46-19-7-2-8-20-46/h1-42H. The van der Waals surface area contributed by atoms with Crippen molar-refractivity contribution in [2.24, 2.45) is 0 Å². The van der Waals surface area contributed by atoms with E-state index < -0.39 is 23.5 Å². The quantitative estimate of drug-likeness (QED) is 0.0850. The van der Waals surface area contributed by atoms with Crippen LogP contribution in [0.1, 0.15) is 11.1 Å². The number of benzene rings is 13. The van der Waals surface area contributed by atoms with Crippen LogP contribution in [0.5, 0.6) is 0 Å². The fraction of sp³-hybridized carbons (Fsp3) is 0.0294. The molecule has 0 fully saturated rings. The van der Waals surface area contributed by atoms with Gasteiger partial charge in [-0.1, -0.05) is 146 Å². The fourth-order valence-corrected chi connectivity index (χ4v) is 11.3. The lowest BCUT2D eigenvalue weighted by atomic mass is 9.86. The number of para-hydroxylation sites is 4. The zero-order valence-electron chi connectivity index (χ0n) is 40.4. The molecule has 366 valence electrons. The van der Waals surface area contributed by atoms with Crippen molar-refractivity contribution in [2.45, 2.75) is 12.4 Å². The average Bonchev–Trinajstić information content (AvgIpc) is 3.63. The third-order valence-electron chi connectivity index (χ3n) is 14.6. The van der Waals surface area contributed by atoms with E-state index in [2.05, 4.69) is 58.3 Å². The highest BCUT2D eigenvalue weighted by molar-refractivity contribution is 6.33. The molecule has 0 bridgehead atoms. The SMILES string of the molecule is FC(F)(F)c1ccccc1-c1ccc2c(c1)c1cc3c4ccc(N(c5ccccc5)c5ccccc5)cc4c4ccc(-c5ccccc5C(F)(F)F)cc4c3cc1c1ccc(N(c3ccccc3)c3ccccc3)cc21. The summed E-state index contributed by atoms with van der Waals surface area (Å²) in [5, 5.41) is 10.1. The number of halogens is 6. The maximum atomic E-state index is 14.8. The second kappa shape index (κ2) is 18.2. The molecule has 8 heteroatoms. The van der Waals surface area contributed by atoms with Crippen LogP contribution in [0.2, 0.25) is 0 Å². The van der Waals surface area contributed by atoms with E-state index in [0.29, 0.717) is 11.1 Å². The minimum Gasteiger partial charge on any atom is -0.310 e. The van der Waals surface area contributed by atoms with Gasteiger partial charge in [0.1, 0.15) is 0 Å². The van der Waals surface area contributed by atoms with Crippen LogP contribution >= 0.6 is 0 Å². The van der Waals surface area contributed by atoms with Crippen molar-refractivity contribution in [2.75, 3.05) is 9.80 Å². The average molecular weight is 1000 g/mol. The molecule has 0 saturated carbocycles. The molecule has 0 aliphatic rings. The van der Waals surface area contributed by atoms with E-state index in [1.54, 1.807) is 24.3 Å². The molecule has 0 amide bonds. The number of rotatable bonds is 8. The normalized spacial score (nSPS) is 12.1. The number of alkyl halides is 6. The van der Waals surface area contributed by atoms with Gasteiger partial charge in [0, 0.05) is 34.1 Å². The van der Waals surface area contributed by atoms with Crippen LogP contribution in [0, 0.1) is 0 Å². The Bertz CT molecular complexity index is 4000. The minimum atomic E-state index is -4.60. The number of nitrogens with zero attached hydrogens (tertiary/aromatic N) is 2. The molecular formula is C68H42F6N2. The van der Waals surface area contributed by atoms with Crippen molar-refractivity contribution in [3.05, 3.63) is 266 Å². The lowest BCUT2D eigenvalue weighted by molar-refractivity contribution is -0.137. The molecule has 0 radical (unpaired) electrons. The van der Waals surface area contributed by atoms with Gasteiger partial charge in [0.25, 0.3) is 0 Å². The van der Waals surface area contributed by atoms with Gasteiger partial charge in [-0.15, -0.1) is 0 Å². The first-order valence-corrected chi connectivity index (χ1v) is 24.9. The van der Waals surface area contributed by atoms with Gasteiger partial charge in [0.2, 0.25) is 0 Å². The van der Waals surface area contributed by atoms with E-state index in [0.717, 1.165) is 111 Å². The molecule has 0 unspecified atom stereocenters. The molecule has 13 aromatic carbocycles. The smallest absolute Gasteiger partial charge is 0.310 e. The molecule has 0 heterocycles. The van der Waals surface area contributed by atoms with Crippen molar-refractivity contribution in [1.82, 2.24) is 0 Å². The molecule has 2 nitrogen and oxygen atoms in total. The molecule has 13 rings (SSSR count). The number of hydrogen-bond acceptors (Lipinski definition) is 2. The van der Waals surface area contributed by atoms with E-state index in [1.807, 2.05) is 146 Å². The summed E-state index contributed by atoms with van der Waals surface area (Å²) in [5.74, 6) is 0. The third-order valence-corrected chi connectivity index (χ3v) is 14.6. The summed E-state index contributed by atoms with van der Waals surface area (Å²) in [4.78, 5) is 4.35. The van der Waals surface area contributed by atoms with Gasteiger partial charge in [-0.3, -0.25) is 0 Å². The first kappa shape index (κ1) is 46.4. The van der Waals surface area contributed by atoms with Crippen molar-refractivity contribution in [3.8, 4) is 22.3 Å². The Labute approximate surface area is 433 Å². The van der Waals surface area contributed by atoms with E-state index in [4.69, 9.17) is 0 Å². The Morgan fingerprint density at radius 3 is 0.803 bits per heavy atom.